The van der Waals surface area contributed by atoms with E-state index in [1.807, 2.05) is 42.5 Å². The second-order valence-corrected chi connectivity index (χ2v) is 12.7. The molecule has 0 aliphatic carbocycles. The van der Waals surface area contributed by atoms with Crippen molar-refractivity contribution in [2.24, 2.45) is 5.92 Å². The summed E-state index contributed by atoms with van der Waals surface area (Å²) < 4.78 is 5.72. The average Bonchev–Trinajstić information content (AvgIpc) is 3.54. The molecule has 2 aliphatic rings. The zero-order chi connectivity index (χ0) is 31.2. The number of thiazole rings is 1. The highest BCUT2D eigenvalue weighted by atomic mass is 32.2. The lowest BCUT2D eigenvalue weighted by Gasteiger charge is -2.29. The fourth-order valence-corrected chi connectivity index (χ4v) is 8.25. The van der Waals surface area contributed by atoms with Crippen molar-refractivity contribution in [3.05, 3.63) is 121 Å². The number of anilines is 2. The van der Waals surface area contributed by atoms with Crippen LogP contribution in [0, 0.1) is 16.0 Å². The number of imide groups is 1. The molecule has 3 atom stereocenters. The Kier molecular flexibility index (Phi) is 7.18. The highest BCUT2D eigenvalue weighted by Gasteiger charge is 2.56. The maximum absolute atomic E-state index is 13.8. The summed E-state index contributed by atoms with van der Waals surface area (Å²) in [7, 11) is 0. The molecule has 5 aromatic rings. The van der Waals surface area contributed by atoms with Gasteiger partial charge < -0.3 is 15.0 Å². The van der Waals surface area contributed by atoms with E-state index in [1.165, 1.54) is 24.3 Å². The summed E-state index contributed by atoms with van der Waals surface area (Å²) in [5.41, 5.74) is 1.44. The molecule has 45 heavy (non-hydrogen) atoms. The zero-order valence-corrected chi connectivity index (χ0v) is 24.8. The number of H-pyrrole nitrogens is 1. The number of hydrogen-bond donors (Lipinski definition) is 2. The Morgan fingerprint density at radius 3 is 2.40 bits per heavy atom. The first-order valence-electron chi connectivity index (χ1n) is 13.8. The minimum Gasteiger partial charge on any atom is -0.484 e. The molecule has 1 aromatic heterocycles. The third-order valence-corrected chi connectivity index (χ3v) is 10.2. The number of non-ortho nitro benzene ring substituents is 1. The second kappa shape index (κ2) is 11.3. The van der Waals surface area contributed by atoms with Crippen LogP contribution in [0.3, 0.4) is 0 Å². The zero-order valence-electron chi connectivity index (χ0n) is 23.2. The van der Waals surface area contributed by atoms with Gasteiger partial charge >= 0.3 is 4.87 Å². The van der Waals surface area contributed by atoms with Crippen molar-refractivity contribution in [1.82, 2.24) is 4.98 Å². The van der Waals surface area contributed by atoms with Crippen molar-refractivity contribution >= 4 is 68.7 Å². The van der Waals surface area contributed by atoms with Crippen molar-refractivity contribution in [3.8, 4) is 5.75 Å². The van der Waals surface area contributed by atoms with Crippen LogP contribution in [0.2, 0.25) is 0 Å². The normalized spacial score (nSPS) is 18.8. The van der Waals surface area contributed by atoms with Gasteiger partial charge in [0.25, 0.3) is 11.6 Å². The molecule has 0 bridgehead atoms. The van der Waals surface area contributed by atoms with E-state index >= 15 is 0 Å². The van der Waals surface area contributed by atoms with Crippen molar-refractivity contribution in [2.45, 2.75) is 16.2 Å². The van der Waals surface area contributed by atoms with E-state index in [0.29, 0.717) is 26.9 Å². The number of benzene rings is 4. The number of thioether (sulfide) groups is 1. The number of nitro groups is 1. The first-order chi connectivity index (χ1) is 21.8. The third kappa shape index (κ3) is 5.25. The number of nitrogens with zero attached hydrogens (tertiary/aromatic N) is 2. The standard InChI is InChI=1S/C32H22N4O7S2/c37-24(33-20-8-5-17-3-1-2-4-19(17)15-20)16-43-23-13-6-18(7-14-23)25-26-28(44-29-27(25)45-32(40)34-29)31(39)35(30(26)38)21-9-11-22(12-10-21)36(41)42/h1-15,25-26,28H,16H2,(H,33,37)(H,34,40). The summed E-state index contributed by atoms with van der Waals surface area (Å²) in [5.74, 6) is -2.21. The third-order valence-electron chi connectivity index (χ3n) is 7.79. The monoisotopic (exact) mass is 638 g/mol. The number of aromatic nitrogens is 1. The second-order valence-electron chi connectivity index (χ2n) is 10.5. The van der Waals surface area contributed by atoms with Crippen LogP contribution in [-0.2, 0) is 14.4 Å². The van der Waals surface area contributed by atoms with Crippen molar-refractivity contribution < 1.29 is 24.0 Å². The lowest BCUT2D eigenvalue weighted by Crippen LogP contribution is -2.32. The van der Waals surface area contributed by atoms with Crippen LogP contribution >= 0.6 is 23.1 Å². The summed E-state index contributed by atoms with van der Waals surface area (Å²) >= 11 is 2.14. The lowest BCUT2D eigenvalue weighted by atomic mass is 9.83. The Morgan fingerprint density at radius 1 is 0.933 bits per heavy atom. The molecule has 1 fully saturated rings. The Hall–Kier alpha value is -5.27. The van der Waals surface area contributed by atoms with Crippen LogP contribution in [0.5, 0.6) is 5.75 Å². The van der Waals surface area contributed by atoms with Gasteiger partial charge in [0, 0.05) is 28.6 Å². The van der Waals surface area contributed by atoms with Gasteiger partial charge in [0.1, 0.15) is 11.0 Å². The molecule has 11 nitrogen and oxygen atoms in total. The first kappa shape index (κ1) is 28.5. The van der Waals surface area contributed by atoms with Gasteiger partial charge in [-0.2, -0.15) is 0 Å². The fourth-order valence-electron chi connectivity index (χ4n) is 5.74. The van der Waals surface area contributed by atoms with Gasteiger partial charge in [0.15, 0.2) is 6.61 Å². The fraction of sp³-hybridized carbons (Fsp3) is 0.125. The van der Waals surface area contributed by atoms with Gasteiger partial charge in [0.2, 0.25) is 11.8 Å². The van der Waals surface area contributed by atoms with Crippen LogP contribution in [0.15, 0.2) is 101 Å². The number of hydrogen-bond acceptors (Lipinski definition) is 9. The van der Waals surface area contributed by atoms with Crippen LogP contribution < -0.4 is 19.8 Å². The van der Waals surface area contributed by atoms with E-state index < -0.39 is 33.8 Å². The first-order valence-corrected chi connectivity index (χ1v) is 15.5. The molecule has 2 aliphatic heterocycles. The number of nitrogens with one attached hydrogen (secondary N) is 2. The Morgan fingerprint density at radius 2 is 1.67 bits per heavy atom. The van der Waals surface area contributed by atoms with E-state index in [9.17, 15) is 29.3 Å². The molecule has 7 rings (SSSR count). The summed E-state index contributed by atoms with van der Waals surface area (Å²) in [6.07, 6.45) is 0. The Balaban J connectivity index is 1.10. The largest absolute Gasteiger partial charge is 0.484 e. The topological polar surface area (TPSA) is 152 Å². The van der Waals surface area contributed by atoms with Gasteiger partial charge in [0.05, 0.1) is 21.6 Å². The van der Waals surface area contributed by atoms with Gasteiger partial charge in [-0.25, -0.2) is 4.90 Å². The van der Waals surface area contributed by atoms with Gasteiger partial charge in [-0.3, -0.25) is 29.3 Å². The highest BCUT2D eigenvalue weighted by molar-refractivity contribution is 8.00. The number of nitro benzene ring substituents is 1. The van der Waals surface area contributed by atoms with Crippen molar-refractivity contribution in [2.75, 3.05) is 16.8 Å². The van der Waals surface area contributed by atoms with Gasteiger partial charge in [-0.15, -0.1) is 0 Å². The molecule has 4 aromatic carbocycles. The number of aromatic amines is 1. The Labute approximate surface area is 263 Å². The summed E-state index contributed by atoms with van der Waals surface area (Å²) in [6.45, 7) is -0.225. The van der Waals surface area contributed by atoms with Crippen LogP contribution in [-0.4, -0.2) is 39.5 Å². The maximum atomic E-state index is 13.8. The quantitative estimate of drug-likeness (QED) is 0.138. The predicted octanol–water partition coefficient (Wildman–Crippen LogP) is 5.31. The average molecular weight is 639 g/mol. The summed E-state index contributed by atoms with van der Waals surface area (Å²) in [4.78, 5) is 67.1. The maximum Gasteiger partial charge on any atom is 0.305 e. The van der Waals surface area contributed by atoms with E-state index in [0.717, 1.165) is 38.8 Å². The number of amides is 3. The Bertz CT molecular complexity index is 2060. The van der Waals surface area contributed by atoms with E-state index in [-0.39, 0.29) is 28.8 Å². The van der Waals surface area contributed by atoms with Crippen LogP contribution in [0.25, 0.3) is 10.8 Å². The molecule has 0 radical (unpaired) electrons. The molecule has 3 unspecified atom stereocenters. The highest BCUT2D eigenvalue weighted by Crippen LogP contribution is 2.53. The molecule has 0 saturated carbocycles. The summed E-state index contributed by atoms with van der Waals surface area (Å²) in [5, 5.41) is 15.7. The summed E-state index contributed by atoms with van der Waals surface area (Å²) in [6, 6.07) is 25.6. The predicted molar refractivity (Wildman–Crippen MR) is 170 cm³/mol. The van der Waals surface area contributed by atoms with E-state index in [4.69, 9.17) is 4.74 Å². The van der Waals surface area contributed by atoms with Crippen LogP contribution in [0.1, 0.15) is 16.4 Å². The number of carbonyl (C=O) groups is 3. The van der Waals surface area contributed by atoms with Gasteiger partial charge in [-0.1, -0.05) is 65.6 Å². The SMILES string of the molecule is O=C(COc1ccc(C2c3sc(=O)[nH]c3SC3C(=O)N(c4ccc([N+](=O)[O-])cc4)C(=O)C32)cc1)Nc1ccc2ccccc2c1. The molecule has 224 valence electrons. The van der Waals surface area contributed by atoms with Crippen molar-refractivity contribution in [1.29, 1.82) is 0 Å². The number of rotatable bonds is 7. The minimum atomic E-state index is -0.809. The number of ether oxygens (including phenoxy) is 1. The molecule has 3 heterocycles. The molecule has 13 heteroatoms. The minimum absolute atomic E-state index is 0.157. The van der Waals surface area contributed by atoms with E-state index in [2.05, 4.69) is 10.3 Å². The molecular formula is C32H22N4O7S2. The smallest absolute Gasteiger partial charge is 0.305 e. The molecular weight excluding hydrogens is 617 g/mol. The molecule has 2 N–H and O–H groups in total. The molecule has 3 amide bonds. The lowest BCUT2D eigenvalue weighted by molar-refractivity contribution is -0.384. The number of carbonyl (C=O) groups excluding carboxylic acids is 3. The van der Waals surface area contributed by atoms with E-state index in [1.54, 1.807) is 24.3 Å². The number of fused-ring (bicyclic) bond motifs is 3. The molecule has 1 saturated heterocycles. The van der Waals surface area contributed by atoms with Crippen molar-refractivity contribution in [3.63, 3.8) is 0 Å². The molecule has 0 spiro atoms. The van der Waals surface area contributed by atoms with Crippen LogP contribution in [0.4, 0.5) is 17.1 Å². The van der Waals surface area contributed by atoms with Gasteiger partial charge in [-0.05, 0) is 52.7 Å².